The largest absolute Gasteiger partial charge is 0.323 e. The molecule has 1 nitrogen and oxygen atoms in total. The quantitative estimate of drug-likeness (QED) is 0.477. The smallest absolute Gasteiger partial charge is 0.265 e. The third kappa shape index (κ3) is 0.623. The maximum absolute atomic E-state index is 12.6. The van der Waals surface area contributed by atoms with Gasteiger partial charge in [0, 0.05) is 12.2 Å². The van der Waals surface area contributed by atoms with Gasteiger partial charge in [0.05, 0.1) is 0 Å². The highest BCUT2D eigenvalue weighted by Gasteiger charge is 2.61. The van der Waals surface area contributed by atoms with Crippen molar-refractivity contribution in [2.75, 3.05) is 0 Å². The standard InChI is InChI=1S/C6H3F3O/c7-3-1-4(8)5-6(9,2-3)10-5/h1-2,5H. The zero-order chi connectivity index (χ0) is 7.35. The molecule has 0 amide bonds. The van der Waals surface area contributed by atoms with Gasteiger partial charge in [-0.05, 0) is 0 Å². The first-order valence-electron chi connectivity index (χ1n) is 2.74. The van der Waals surface area contributed by atoms with Gasteiger partial charge in [-0.15, -0.1) is 0 Å². The summed E-state index contributed by atoms with van der Waals surface area (Å²) in [5.74, 6) is -4.00. The number of hydrogen-bond acceptors (Lipinski definition) is 1. The second-order valence-corrected chi connectivity index (χ2v) is 2.25. The molecule has 0 aromatic rings. The van der Waals surface area contributed by atoms with Crippen molar-refractivity contribution in [2.45, 2.75) is 12.0 Å². The van der Waals surface area contributed by atoms with Gasteiger partial charge in [-0.3, -0.25) is 0 Å². The molecule has 1 aliphatic carbocycles. The summed E-state index contributed by atoms with van der Waals surface area (Å²) < 4.78 is 41.4. The fourth-order valence-electron chi connectivity index (χ4n) is 0.938. The van der Waals surface area contributed by atoms with Crippen LogP contribution in [0.25, 0.3) is 0 Å². The Hall–Kier alpha value is -0.770. The highest BCUT2D eigenvalue weighted by molar-refractivity contribution is 5.34. The van der Waals surface area contributed by atoms with Crippen molar-refractivity contribution < 1.29 is 17.9 Å². The summed E-state index contributed by atoms with van der Waals surface area (Å²) in [5.41, 5.74) is 0. The third-order valence-corrected chi connectivity index (χ3v) is 1.46. The molecule has 10 heavy (non-hydrogen) atoms. The summed E-state index contributed by atoms with van der Waals surface area (Å²) in [6.45, 7) is 0. The Morgan fingerprint density at radius 1 is 1.50 bits per heavy atom. The van der Waals surface area contributed by atoms with Crippen LogP contribution < -0.4 is 0 Å². The van der Waals surface area contributed by atoms with Gasteiger partial charge in [0.15, 0.2) is 6.10 Å². The van der Waals surface area contributed by atoms with Gasteiger partial charge in [-0.25, -0.2) is 13.2 Å². The van der Waals surface area contributed by atoms with Crippen LogP contribution in [0.4, 0.5) is 13.2 Å². The van der Waals surface area contributed by atoms with Crippen molar-refractivity contribution in [3.8, 4) is 0 Å². The Morgan fingerprint density at radius 2 is 2.20 bits per heavy atom. The number of hydrogen-bond donors (Lipinski definition) is 0. The molecule has 1 heterocycles. The predicted octanol–water partition coefficient (Wildman–Crippen LogP) is 1.77. The lowest BCUT2D eigenvalue weighted by atomic mass is 10.1. The Labute approximate surface area is 54.8 Å². The summed E-state index contributed by atoms with van der Waals surface area (Å²) in [4.78, 5) is 0. The van der Waals surface area contributed by atoms with E-state index in [1.54, 1.807) is 0 Å². The van der Waals surface area contributed by atoms with Crippen LogP contribution >= 0.6 is 0 Å². The highest BCUT2D eigenvalue weighted by atomic mass is 19.2. The van der Waals surface area contributed by atoms with Gasteiger partial charge in [0.1, 0.15) is 11.7 Å². The van der Waals surface area contributed by atoms with Gasteiger partial charge in [-0.1, -0.05) is 0 Å². The van der Waals surface area contributed by atoms with Gasteiger partial charge in [0.25, 0.3) is 5.85 Å². The van der Waals surface area contributed by atoms with E-state index in [2.05, 4.69) is 4.74 Å². The average molecular weight is 148 g/mol. The Bertz CT molecular complexity index is 245. The molecule has 2 atom stereocenters. The summed E-state index contributed by atoms with van der Waals surface area (Å²) >= 11 is 0. The minimum atomic E-state index is -2.19. The fraction of sp³-hybridized carbons (Fsp3) is 0.333. The first kappa shape index (κ1) is 5.97. The number of alkyl halides is 1. The maximum atomic E-state index is 12.6. The van der Waals surface area contributed by atoms with Crippen molar-refractivity contribution in [2.24, 2.45) is 0 Å². The second-order valence-electron chi connectivity index (χ2n) is 2.25. The molecule has 0 saturated carbocycles. The van der Waals surface area contributed by atoms with Crippen molar-refractivity contribution in [1.29, 1.82) is 0 Å². The van der Waals surface area contributed by atoms with Gasteiger partial charge in [-0.2, -0.15) is 0 Å². The molecule has 1 fully saturated rings. The SMILES string of the molecule is FC1=CC2(F)OC2C(F)=C1. The van der Waals surface area contributed by atoms with E-state index >= 15 is 0 Å². The molecular formula is C6H3F3O. The molecule has 2 aliphatic rings. The van der Waals surface area contributed by atoms with E-state index in [1.807, 2.05) is 0 Å². The Balaban J connectivity index is 2.38. The van der Waals surface area contributed by atoms with Crippen molar-refractivity contribution in [3.63, 3.8) is 0 Å². The van der Waals surface area contributed by atoms with E-state index in [1.165, 1.54) is 0 Å². The molecule has 0 bridgehead atoms. The number of allylic oxidation sites excluding steroid dienone is 2. The van der Waals surface area contributed by atoms with E-state index in [4.69, 9.17) is 0 Å². The second kappa shape index (κ2) is 1.45. The average Bonchev–Trinajstić information content (AvgIpc) is 2.39. The topological polar surface area (TPSA) is 12.5 Å². The van der Waals surface area contributed by atoms with Crippen LogP contribution in [0.3, 0.4) is 0 Å². The van der Waals surface area contributed by atoms with E-state index in [0.717, 1.165) is 0 Å². The Morgan fingerprint density at radius 3 is 2.80 bits per heavy atom. The van der Waals surface area contributed by atoms with Crippen molar-refractivity contribution in [1.82, 2.24) is 0 Å². The lowest BCUT2D eigenvalue weighted by molar-refractivity contribution is 0.190. The molecule has 0 aromatic heterocycles. The van der Waals surface area contributed by atoms with Crippen LogP contribution in [0, 0.1) is 0 Å². The summed E-state index contributed by atoms with van der Waals surface area (Å²) in [6, 6.07) is 0. The van der Waals surface area contributed by atoms with E-state index in [0.29, 0.717) is 12.2 Å². The molecule has 1 saturated heterocycles. The molecule has 1 aliphatic heterocycles. The minimum Gasteiger partial charge on any atom is -0.323 e. The highest BCUT2D eigenvalue weighted by Crippen LogP contribution is 2.48. The van der Waals surface area contributed by atoms with E-state index < -0.39 is 23.6 Å². The normalized spacial score (nSPS) is 43.7. The van der Waals surface area contributed by atoms with Crippen molar-refractivity contribution in [3.05, 3.63) is 23.8 Å². The maximum Gasteiger partial charge on any atom is 0.265 e. The zero-order valence-electron chi connectivity index (χ0n) is 4.77. The number of halogens is 3. The zero-order valence-corrected chi connectivity index (χ0v) is 4.77. The molecule has 0 radical (unpaired) electrons. The summed E-state index contributed by atoms with van der Waals surface area (Å²) in [6.07, 6.45) is 0.0583. The molecule has 2 unspecified atom stereocenters. The molecule has 0 spiro atoms. The summed E-state index contributed by atoms with van der Waals surface area (Å²) in [5, 5.41) is 0. The lowest BCUT2D eigenvalue weighted by Crippen LogP contribution is -2.08. The lowest BCUT2D eigenvalue weighted by Gasteiger charge is -1.98. The number of ether oxygens (including phenoxy) is 1. The number of rotatable bonds is 0. The first-order chi connectivity index (χ1) is 4.62. The van der Waals surface area contributed by atoms with Crippen LogP contribution in [-0.4, -0.2) is 12.0 Å². The Kier molecular flexibility index (Phi) is 0.866. The van der Waals surface area contributed by atoms with Crippen LogP contribution in [-0.2, 0) is 4.74 Å². The molecule has 0 aromatic carbocycles. The van der Waals surface area contributed by atoms with E-state index in [-0.39, 0.29) is 0 Å². The molecule has 0 N–H and O–H groups in total. The van der Waals surface area contributed by atoms with Gasteiger partial charge >= 0.3 is 0 Å². The molecule has 2 rings (SSSR count). The predicted molar refractivity (Wildman–Crippen MR) is 27.1 cm³/mol. The molecule has 54 valence electrons. The van der Waals surface area contributed by atoms with Gasteiger partial charge < -0.3 is 4.74 Å². The minimum absolute atomic E-state index is 0.621. The molecular weight excluding hydrogens is 145 g/mol. The fourth-order valence-corrected chi connectivity index (χ4v) is 0.938. The van der Waals surface area contributed by atoms with Gasteiger partial charge in [0.2, 0.25) is 0 Å². The third-order valence-electron chi connectivity index (χ3n) is 1.46. The van der Waals surface area contributed by atoms with Crippen LogP contribution in [0.5, 0.6) is 0 Å². The van der Waals surface area contributed by atoms with Crippen LogP contribution in [0.15, 0.2) is 23.8 Å². The number of epoxide rings is 1. The molecule has 4 heteroatoms. The van der Waals surface area contributed by atoms with Crippen LogP contribution in [0.1, 0.15) is 0 Å². The number of fused-ring (bicyclic) bond motifs is 1. The monoisotopic (exact) mass is 148 g/mol. The van der Waals surface area contributed by atoms with E-state index in [9.17, 15) is 13.2 Å². The first-order valence-corrected chi connectivity index (χ1v) is 2.74. The van der Waals surface area contributed by atoms with Crippen molar-refractivity contribution >= 4 is 0 Å². The summed E-state index contributed by atoms with van der Waals surface area (Å²) in [7, 11) is 0. The van der Waals surface area contributed by atoms with Crippen LogP contribution in [0.2, 0.25) is 0 Å².